The Bertz CT molecular complexity index is 918. The first kappa shape index (κ1) is 21.1. The summed E-state index contributed by atoms with van der Waals surface area (Å²) in [5.41, 5.74) is 2.00. The molecule has 0 aromatic heterocycles. The van der Waals surface area contributed by atoms with E-state index in [9.17, 15) is 9.90 Å². The number of hydrogen-bond acceptors (Lipinski definition) is 3. The summed E-state index contributed by atoms with van der Waals surface area (Å²) in [6.07, 6.45) is 2.23. The minimum atomic E-state index is -1.08. The van der Waals surface area contributed by atoms with E-state index in [1.807, 2.05) is 91.0 Å². The molecule has 4 heteroatoms. The minimum Gasteiger partial charge on any atom is -0.445 e. The third kappa shape index (κ3) is 5.33. The topological polar surface area (TPSA) is 49.8 Å². The van der Waals surface area contributed by atoms with Gasteiger partial charge in [0.2, 0.25) is 0 Å². The van der Waals surface area contributed by atoms with E-state index in [0.717, 1.165) is 29.5 Å². The third-order valence-electron chi connectivity index (χ3n) is 6.02. The maximum atomic E-state index is 13.0. The molecule has 1 saturated heterocycles. The number of likely N-dealkylation sites (tertiary alicyclic amines) is 1. The Morgan fingerprint density at radius 3 is 1.84 bits per heavy atom. The first-order valence-corrected chi connectivity index (χ1v) is 10.9. The maximum absolute atomic E-state index is 13.0. The number of hydrogen-bond donors (Lipinski definition) is 1. The molecule has 1 amide bonds. The number of aliphatic hydroxyl groups is 1. The Morgan fingerprint density at radius 1 is 0.839 bits per heavy atom. The summed E-state index contributed by atoms with van der Waals surface area (Å²) >= 11 is 0. The van der Waals surface area contributed by atoms with Gasteiger partial charge in [0.15, 0.2) is 0 Å². The molecule has 0 bridgehead atoms. The zero-order chi connectivity index (χ0) is 21.5. The van der Waals surface area contributed by atoms with Crippen molar-refractivity contribution in [2.24, 2.45) is 0 Å². The first-order chi connectivity index (χ1) is 15.1. The number of amides is 1. The SMILES string of the molecule is O=C(OCc1ccccc1)N1CCC[C@H]1C(O)(Cc1ccccc1)Cc1ccccc1. The van der Waals surface area contributed by atoms with Crippen molar-refractivity contribution in [3.63, 3.8) is 0 Å². The van der Waals surface area contributed by atoms with Crippen LogP contribution in [0.1, 0.15) is 29.5 Å². The molecule has 1 N–H and O–H groups in total. The van der Waals surface area contributed by atoms with E-state index in [1.165, 1.54) is 0 Å². The molecular weight excluding hydrogens is 386 g/mol. The van der Waals surface area contributed by atoms with Crippen LogP contribution >= 0.6 is 0 Å². The summed E-state index contributed by atoms with van der Waals surface area (Å²) in [6, 6.07) is 29.4. The molecule has 1 aliphatic rings. The summed E-state index contributed by atoms with van der Waals surface area (Å²) in [4.78, 5) is 14.7. The van der Waals surface area contributed by atoms with E-state index in [-0.39, 0.29) is 18.7 Å². The molecule has 3 aromatic carbocycles. The second-order valence-electron chi connectivity index (χ2n) is 8.32. The third-order valence-corrected chi connectivity index (χ3v) is 6.02. The van der Waals surface area contributed by atoms with Gasteiger partial charge in [0.05, 0.1) is 11.6 Å². The van der Waals surface area contributed by atoms with Gasteiger partial charge in [-0.3, -0.25) is 0 Å². The van der Waals surface area contributed by atoms with Crippen molar-refractivity contribution < 1.29 is 14.6 Å². The fraction of sp³-hybridized carbons (Fsp3) is 0.296. The molecule has 0 aliphatic carbocycles. The van der Waals surface area contributed by atoms with Crippen molar-refractivity contribution in [1.82, 2.24) is 4.90 Å². The highest BCUT2D eigenvalue weighted by Gasteiger charge is 2.45. The van der Waals surface area contributed by atoms with Crippen molar-refractivity contribution in [3.8, 4) is 0 Å². The molecule has 0 unspecified atom stereocenters. The second-order valence-corrected chi connectivity index (χ2v) is 8.32. The number of nitrogens with zero attached hydrogens (tertiary/aromatic N) is 1. The predicted molar refractivity (Wildman–Crippen MR) is 122 cm³/mol. The quantitative estimate of drug-likeness (QED) is 0.591. The first-order valence-electron chi connectivity index (χ1n) is 10.9. The van der Waals surface area contributed by atoms with Crippen molar-refractivity contribution >= 4 is 6.09 Å². The van der Waals surface area contributed by atoms with Gasteiger partial charge in [-0.05, 0) is 29.5 Å². The molecule has 3 aromatic rings. The van der Waals surface area contributed by atoms with Gasteiger partial charge in [-0.25, -0.2) is 4.79 Å². The molecule has 0 spiro atoms. The van der Waals surface area contributed by atoms with Gasteiger partial charge in [-0.1, -0.05) is 91.0 Å². The van der Waals surface area contributed by atoms with Crippen LogP contribution < -0.4 is 0 Å². The van der Waals surface area contributed by atoms with E-state index < -0.39 is 5.60 Å². The smallest absolute Gasteiger partial charge is 0.410 e. The number of rotatable bonds is 7. The normalized spacial score (nSPS) is 16.3. The zero-order valence-electron chi connectivity index (χ0n) is 17.7. The lowest BCUT2D eigenvalue weighted by molar-refractivity contribution is -0.0327. The summed E-state index contributed by atoms with van der Waals surface area (Å²) in [5, 5.41) is 12.0. The second kappa shape index (κ2) is 9.80. The van der Waals surface area contributed by atoms with Gasteiger partial charge in [0.1, 0.15) is 6.61 Å². The molecule has 0 saturated carbocycles. The lowest BCUT2D eigenvalue weighted by Gasteiger charge is -2.39. The van der Waals surface area contributed by atoms with Crippen LogP contribution in [0, 0.1) is 0 Å². The highest BCUT2D eigenvalue weighted by atomic mass is 16.6. The molecule has 1 fully saturated rings. The molecule has 0 radical (unpaired) electrons. The lowest BCUT2D eigenvalue weighted by Crippen LogP contribution is -2.54. The van der Waals surface area contributed by atoms with Crippen molar-refractivity contribution in [2.75, 3.05) is 6.54 Å². The van der Waals surface area contributed by atoms with Gasteiger partial charge in [0.25, 0.3) is 0 Å². The van der Waals surface area contributed by atoms with Gasteiger partial charge < -0.3 is 14.7 Å². The van der Waals surface area contributed by atoms with E-state index in [0.29, 0.717) is 19.4 Å². The Hall–Kier alpha value is -3.11. The van der Waals surface area contributed by atoms with Crippen molar-refractivity contribution in [2.45, 2.75) is 43.9 Å². The Kier molecular flexibility index (Phi) is 6.68. The average Bonchev–Trinajstić information content (AvgIpc) is 3.31. The molecule has 31 heavy (non-hydrogen) atoms. The largest absolute Gasteiger partial charge is 0.445 e. The van der Waals surface area contributed by atoms with E-state index >= 15 is 0 Å². The van der Waals surface area contributed by atoms with Crippen LogP contribution in [0.15, 0.2) is 91.0 Å². The molecule has 1 aliphatic heterocycles. The Morgan fingerprint density at radius 2 is 1.32 bits per heavy atom. The molecule has 1 atom stereocenters. The summed E-state index contributed by atoms with van der Waals surface area (Å²) in [7, 11) is 0. The van der Waals surface area contributed by atoms with Crippen LogP contribution in [0.4, 0.5) is 4.79 Å². The van der Waals surface area contributed by atoms with Gasteiger partial charge in [0, 0.05) is 19.4 Å². The number of carbonyl (C=O) groups is 1. The van der Waals surface area contributed by atoms with E-state index in [4.69, 9.17) is 4.74 Å². The lowest BCUT2D eigenvalue weighted by atomic mass is 9.81. The van der Waals surface area contributed by atoms with Crippen LogP contribution in [0.5, 0.6) is 0 Å². The van der Waals surface area contributed by atoms with Crippen LogP contribution in [0.3, 0.4) is 0 Å². The number of ether oxygens (including phenoxy) is 1. The van der Waals surface area contributed by atoms with Gasteiger partial charge >= 0.3 is 6.09 Å². The summed E-state index contributed by atoms with van der Waals surface area (Å²) in [5.74, 6) is 0. The molecular formula is C27H29NO3. The van der Waals surface area contributed by atoms with Crippen LogP contribution in [-0.4, -0.2) is 34.3 Å². The van der Waals surface area contributed by atoms with Crippen LogP contribution in [-0.2, 0) is 24.2 Å². The highest BCUT2D eigenvalue weighted by Crippen LogP contribution is 2.33. The van der Waals surface area contributed by atoms with Gasteiger partial charge in [-0.15, -0.1) is 0 Å². The summed E-state index contributed by atoms with van der Waals surface area (Å²) in [6.45, 7) is 0.836. The van der Waals surface area contributed by atoms with E-state index in [2.05, 4.69) is 0 Å². The molecule has 160 valence electrons. The van der Waals surface area contributed by atoms with Crippen molar-refractivity contribution in [3.05, 3.63) is 108 Å². The fourth-order valence-corrected chi connectivity index (χ4v) is 4.54. The number of carbonyl (C=O) groups excluding carboxylic acids is 1. The van der Waals surface area contributed by atoms with Gasteiger partial charge in [-0.2, -0.15) is 0 Å². The minimum absolute atomic E-state index is 0.235. The molecule has 4 rings (SSSR count). The molecule has 4 nitrogen and oxygen atoms in total. The zero-order valence-corrected chi connectivity index (χ0v) is 17.7. The predicted octanol–water partition coefficient (Wildman–Crippen LogP) is 5.00. The average molecular weight is 416 g/mol. The number of benzene rings is 3. The van der Waals surface area contributed by atoms with Crippen molar-refractivity contribution in [1.29, 1.82) is 0 Å². The Balaban J connectivity index is 1.54. The monoisotopic (exact) mass is 415 g/mol. The maximum Gasteiger partial charge on any atom is 0.410 e. The fourth-order valence-electron chi connectivity index (χ4n) is 4.54. The van der Waals surface area contributed by atoms with Crippen LogP contribution in [0.25, 0.3) is 0 Å². The van der Waals surface area contributed by atoms with Crippen LogP contribution in [0.2, 0.25) is 0 Å². The standard InChI is InChI=1S/C27H29NO3/c29-26(31-21-24-15-8-3-9-16-24)28-18-10-17-25(28)27(30,19-22-11-4-1-5-12-22)20-23-13-6-2-7-14-23/h1-9,11-16,25,30H,10,17-21H2/t25-/m0/s1. The van der Waals surface area contributed by atoms with E-state index in [1.54, 1.807) is 4.90 Å². The summed E-state index contributed by atoms with van der Waals surface area (Å²) < 4.78 is 5.61. The Labute approximate surface area is 184 Å². The molecule has 1 heterocycles. The highest BCUT2D eigenvalue weighted by molar-refractivity contribution is 5.68.